The highest BCUT2D eigenvalue weighted by molar-refractivity contribution is 5.29. The lowest BCUT2D eigenvalue weighted by Crippen LogP contribution is -2.42. The predicted molar refractivity (Wildman–Crippen MR) is 77.6 cm³/mol. The van der Waals surface area contributed by atoms with E-state index in [2.05, 4.69) is 12.7 Å². The number of fused-ring (bicyclic) bond motifs is 5. The van der Waals surface area contributed by atoms with Crippen LogP contribution in [0.5, 0.6) is 0 Å². The molecule has 3 fully saturated rings. The average molecular weight is 258 g/mol. The molecular formula is C18H26O. The van der Waals surface area contributed by atoms with Crippen LogP contribution in [0.1, 0.15) is 51.4 Å². The first-order chi connectivity index (χ1) is 9.24. The molecule has 4 aliphatic rings. The second-order valence-corrected chi connectivity index (χ2v) is 7.44. The topological polar surface area (TPSA) is 20.2 Å². The van der Waals surface area contributed by atoms with E-state index in [1.807, 2.05) is 0 Å². The van der Waals surface area contributed by atoms with Gasteiger partial charge in [0, 0.05) is 0 Å². The Morgan fingerprint density at radius 3 is 2.47 bits per heavy atom. The van der Waals surface area contributed by atoms with E-state index in [0.717, 1.165) is 30.1 Å². The van der Waals surface area contributed by atoms with E-state index in [4.69, 9.17) is 0 Å². The molecule has 0 saturated heterocycles. The van der Waals surface area contributed by atoms with E-state index in [0.29, 0.717) is 5.92 Å². The molecule has 1 heteroatoms. The number of hydrogen-bond acceptors (Lipinski definition) is 1. The van der Waals surface area contributed by atoms with E-state index in [1.165, 1.54) is 50.5 Å². The first kappa shape index (κ1) is 12.2. The Bertz CT molecular complexity index is 421. The van der Waals surface area contributed by atoms with Crippen molar-refractivity contribution >= 4 is 0 Å². The van der Waals surface area contributed by atoms with Gasteiger partial charge in [0.25, 0.3) is 0 Å². The van der Waals surface area contributed by atoms with Crippen LogP contribution in [0.15, 0.2) is 23.8 Å². The van der Waals surface area contributed by atoms with Gasteiger partial charge in [-0.25, -0.2) is 0 Å². The fourth-order valence-corrected chi connectivity index (χ4v) is 5.91. The predicted octanol–water partition coefficient (Wildman–Crippen LogP) is 4.09. The first-order valence-corrected chi connectivity index (χ1v) is 8.30. The summed E-state index contributed by atoms with van der Waals surface area (Å²) in [5, 5.41) is 10.2. The minimum Gasteiger partial charge on any atom is -0.393 e. The van der Waals surface area contributed by atoms with Gasteiger partial charge in [-0.1, -0.05) is 23.8 Å². The molecule has 1 nitrogen and oxygen atoms in total. The summed E-state index contributed by atoms with van der Waals surface area (Å²) in [6.45, 7) is 4.16. The van der Waals surface area contributed by atoms with Crippen LogP contribution >= 0.6 is 0 Å². The zero-order valence-electron chi connectivity index (χ0n) is 11.9. The Morgan fingerprint density at radius 2 is 1.58 bits per heavy atom. The number of aliphatic hydroxyl groups excluding tert-OH is 1. The highest BCUT2D eigenvalue weighted by atomic mass is 16.3. The van der Waals surface area contributed by atoms with Gasteiger partial charge < -0.3 is 5.11 Å². The normalized spacial score (nSPS) is 49.1. The van der Waals surface area contributed by atoms with Crippen molar-refractivity contribution in [1.82, 2.24) is 0 Å². The Morgan fingerprint density at radius 1 is 0.842 bits per heavy atom. The van der Waals surface area contributed by atoms with Gasteiger partial charge in [-0.3, -0.25) is 0 Å². The summed E-state index contributed by atoms with van der Waals surface area (Å²) in [6, 6.07) is 0. The van der Waals surface area contributed by atoms with Crippen molar-refractivity contribution < 1.29 is 5.11 Å². The molecule has 0 amide bonds. The van der Waals surface area contributed by atoms with Gasteiger partial charge in [0.05, 0.1) is 6.10 Å². The second-order valence-electron chi connectivity index (χ2n) is 7.44. The summed E-state index contributed by atoms with van der Waals surface area (Å²) in [6.07, 6.45) is 12.7. The third kappa shape index (κ3) is 1.85. The fourth-order valence-electron chi connectivity index (χ4n) is 5.91. The summed E-state index contributed by atoms with van der Waals surface area (Å²) in [4.78, 5) is 0. The average Bonchev–Trinajstić information content (AvgIpc) is 2.80. The van der Waals surface area contributed by atoms with Crippen LogP contribution in [0.25, 0.3) is 0 Å². The molecule has 0 bridgehead atoms. The van der Waals surface area contributed by atoms with Gasteiger partial charge in [-0.15, -0.1) is 0 Å². The van der Waals surface area contributed by atoms with Crippen LogP contribution in [0, 0.1) is 29.6 Å². The molecule has 0 radical (unpaired) electrons. The summed E-state index contributed by atoms with van der Waals surface area (Å²) >= 11 is 0. The molecule has 4 rings (SSSR count). The Kier molecular flexibility index (Phi) is 2.88. The third-order valence-electron chi connectivity index (χ3n) is 6.70. The zero-order chi connectivity index (χ0) is 13.0. The van der Waals surface area contributed by atoms with Crippen molar-refractivity contribution in [2.45, 2.75) is 57.5 Å². The Balaban J connectivity index is 1.60. The largest absolute Gasteiger partial charge is 0.393 e. The molecular weight excluding hydrogens is 232 g/mol. The first-order valence-electron chi connectivity index (χ1n) is 8.30. The number of allylic oxidation sites excluding steroid dienone is 3. The van der Waals surface area contributed by atoms with Gasteiger partial charge in [-0.05, 0) is 81.0 Å². The summed E-state index contributed by atoms with van der Waals surface area (Å²) in [5.41, 5.74) is 3.07. The second kappa shape index (κ2) is 4.48. The maximum Gasteiger partial charge on any atom is 0.0571 e. The highest BCUT2D eigenvalue weighted by Gasteiger charge is 2.49. The molecule has 19 heavy (non-hydrogen) atoms. The standard InChI is InChI=1S/C18H26O/c1-11-2-4-13-12(10-11)3-5-15-14(13)6-7-17-16(15)8-9-18(17)19/h10,13-19H,1-9H2/t13-,14+,15+,16-,17-,18-/m0/s1. The van der Waals surface area contributed by atoms with Gasteiger partial charge >= 0.3 is 0 Å². The van der Waals surface area contributed by atoms with Crippen LogP contribution in [-0.2, 0) is 0 Å². The van der Waals surface area contributed by atoms with E-state index in [1.54, 1.807) is 5.57 Å². The Hall–Kier alpha value is -0.560. The molecule has 0 aromatic rings. The summed E-state index contributed by atoms with van der Waals surface area (Å²) < 4.78 is 0. The highest BCUT2D eigenvalue weighted by Crippen LogP contribution is 2.57. The smallest absolute Gasteiger partial charge is 0.0571 e. The molecule has 0 heterocycles. The van der Waals surface area contributed by atoms with Gasteiger partial charge in [0.2, 0.25) is 0 Å². The van der Waals surface area contributed by atoms with Crippen LogP contribution in [0.2, 0.25) is 0 Å². The number of rotatable bonds is 0. The molecule has 6 atom stereocenters. The monoisotopic (exact) mass is 258 g/mol. The van der Waals surface area contributed by atoms with E-state index < -0.39 is 0 Å². The van der Waals surface area contributed by atoms with E-state index in [-0.39, 0.29) is 6.10 Å². The molecule has 1 N–H and O–H groups in total. The van der Waals surface area contributed by atoms with Gasteiger partial charge in [0.15, 0.2) is 0 Å². The minimum atomic E-state index is 0.0222. The fraction of sp³-hybridized carbons (Fsp3) is 0.778. The lowest BCUT2D eigenvalue weighted by Gasteiger charge is -2.49. The minimum absolute atomic E-state index is 0.0222. The van der Waals surface area contributed by atoms with E-state index in [9.17, 15) is 5.11 Å². The SMILES string of the molecule is C=C1C=C2CC[C@H]3[C@@H]4CC[C@H](O)[C@H]4CC[C@@H]3[C@H]2CC1. The molecule has 0 spiro atoms. The number of aliphatic hydroxyl groups is 1. The summed E-state index contributed by atoms with van der Waals surface area (Å²) in [5.74, 6) is 4.21. The van der Waals surface area contributed by atoms with Crippen molar-refractivity contribution in [2.75, 3.05) is 0 Å². The molecule has 0 aromatic carbocycles. The lowest BCUT2D eigenvalue weighted by atomic mass is 9.56. The molecule has 0 aromatic heterocycles. The van der Waals surface area contributed by atoms with Crippen molar-refractivity contribution in [1.29, 1.82) is 0 Å². The third-order valence-corrected chi connectivity index (χ3v) is 6.70. The van der Waals surface area contributed by atoms with Crippen molar-refractivity contribution in [2.24, 2.45) is 29.6 Å². The quantitative estimate of drug-likeness (QED) is 0.694. The van der Waals surface area contributed by atoms with Crippen molar-refractivity contribution in [3.05, 3.63) is 23.8 Å². The molecule has 3 saturated carbocycles. The zero-order valence-corrected chi connectivity index (χ0v) is 11.9. The molecule has 104 valence electrons. The maximum absolute atomic E-state index is 10.2. The van der Waals surface area contributed by atoms with E-state index >= 15 is 0 Å². The molecule has 0 unspecified atom stereocenters. The van der Waals surface area contributed by atoms with Crippen LogP contribution in [0.4, 0.5) is 0 Å². The van der Waals surface area contributed by atoms with Crippen molar-refractivity contribution in [3.8, 4) is 0 Å². The Labute approximate surface area is 116 Å². The van der Waals surface area contributed by atoms with Crippen LogP contribution in [-0.4, -0.2) is 11.2 Å². The van der Waals surface area contributed by atoms with Gasteiger partial charge in [-0.2, -0.15) is 0 Å². The van der Waals surface area contributed by atoms with Gasteiger partial charge in [0.1, 0.15) is 0 Å². The van der Waals surface area contributed by atoms with Crippen LogP contribution in [0.3, 0.4) is 0 Å². The molecule has 0 aliphatic heterocycles. The van der Waals surface area contributed by atoms with Crippen molar-refractivity contribution in [3.63, 3.8) is 0 Å². The maximum atomic E-state index is 10.2. The number of hydrogen-bond donors (Lipinski definition) is 1. The lowest BCUT2D eigenvalue weighted by molar-refractivity contribution is 0.0119. The van der Waals surface area contributed by atoms with Crippen LogP contribution < -0.4 is 0 Å². The summed E-state index contributed by atoms with van der Waals surface area (Å²) in [7, 11) is 0. The molecule has 4 aliphatic carbocycles.